The monoisotopic (exact) mass is 362 g/mol. The van der Waals surface area contributed by atoms with Gasteiger partial charge in [0.1, 0.15) is 18.0 Å². The SMILES string of the molecule is O=C1OC2(CCN([C@@H]3CCSC3)CC2)CN1CCOc1ccccc1. The summed E-state index contributed by atoms with van der Waals surface area (Å²) >= 11 is 2.06. The Morgan fingerprint density at radius 3 is 2.76 bits per heavy atom. The average molecular weight is 362 g/mol. The molecule has 1 atom stereocenters. The molecule has 0 N–H and O–H groups in total. The quantitative estimate of drug-likeness (QED) is 0.806. The highest BCUT2D eigenvalue weighted by molar-refractivity contribution is 7.99. The molecule has 0 aliphatic carbocycles. The Kier molecular flexibility index (Phi) is 5.08. The van der Waals surface area contributed by atoms with Gasteiger partial charge >= 0.3 is 6.09 Å². The first-order valence-corrected chi connectivity index (χ1v) is 10.4. The van der Waals surface area contributed by atoms with Crippen LogP contribution in [0.4, 0.5) is 4.79 Å². The van der Waals surface area contributed by atoms with Crippen LogP contribution in [-0.4, -0.2) is 71.8 Å². The molecule has 4 rings (SSSR count). The van der Waals surface area contributed by atoms with Crippen molar-refractivity contribution in [2.75, 3.05) is 44.3 Å². The second kappa shape index (κ2) is 7.46. The number of piperidine rings is 1. The largest absolute Gasteiger partial charge is 0.492 e. The van der Waals surface area contributed by atoms with E-state index >= 15 is 0 Å². The van der Waals surface area contributed by atoms with Gasteiger partial charge in [-0.3, -0.25) is 4.90 Å². The van der Waals surface area contributed by atoms with Crippen LogP contribution >= 0.6 is 11.8 Å². The summed E-state index contributed by atoms with van der Waals surface area (Å²) in [6.45, 7) is 3.88. The van der Waals surface area contributed by atoms with Crippen molar-refractivity contribution < 1.29 is 14.3 Å². The Morgan fingerprint density at radius 1 is 1.24 bits per heavy atom. The lowest BCUT2D eigenvalue weighted by atomic mass is 9.90. The van der Waals surface area contributed by atoms with Crippen molar-refractivity contribution in [3.63, 3.8) is 0 Å². The minimum absolute atomic E-state index is 0.179. The summed E-state index contributed by atoms with van der Waals surface area (Å²) in [5.74, 6) is 3.39. The number of thioether (sulfide) groups is 1. The van der Waals surface area contributed by atoms with Crippen LogP contribution in [0.15, 0.2) is 30.3 Å². The van der Waals surface area contributed by atoms with E-state index < -0.39 is 0 Å². The molecule has 1 spiro atoms. The number of carbonyl (C=O) groups is 1. The van der Waals surface area contributed by atoms with Crippen molar-refractivity contribution in [1.29, 1.82) is 0 Å². The maximum atomic E-state index is 12.3. The lowest BCUT2D eigenvalue weighted by Crippen LogP contribution is -2.50. The van der Waals surface area contributed by atoms with Gasteiger partial charge in [0.2, 0.25) is 0 Å². The minimum atomic E-state index is -0.272. The highest BCUT2D eigenvalue weighted by Crippen LogP contribution is 2.35. The molecule has 3 fully saturated rings. The van der Waals surface area contributed by atoms with Gasteiger partial charge in [0, 0.05) is 37.7 Å². The van der Waals surface area contributed by atoms with E-state index in [1.165, 1.54) is 17.9 Å². The fourth-order valence-electron chi connectivity index (χ4n) is 4.02. The zero-order chi connectivity index (χ0) is 17.1. The number of ether oxygens (including phenoxy) is 2. The van der Waals surface area contributed by atoms with Gasteiger partial charge in [0.05, 0.1) is 13.1 Å². The number of amides is 1. The van der Waals surface area contributed by atoms with Crippen LogP contribution in [0.1, 0.15) is 19.3 Å². The van der Waals surface area contributed by atoms with E-state index in [0.29, 0.717) is 19.7 Å². The molecule has 0 radical (unpaired) electrons. The summed E-state index contributed by atoms with van der Waals surface area (Å²) in [6, 6.07) is 10.5. The molecule has 136 valence electrons. The van der Waals surface area contributed by atoms with Crippen LogP contribution < -0.4 is 4.74 Å². The first kappa shape index (κ1) is 17.0. The maximum Gasteiger partial charge on any atom is 0.410 e. The number of benzene rings is 1. The number of likely N-dealkylation sites (tertiary alicyclic amines) is 1. The van der Waals surface area contributed by atoms with Crippen molar-refractivity contribution in [2.45, 2.75) is 30.9 Å². The zero-order valence-electron chi connectivity index (χ0n) is 14.6. The average Bonchev–Trinajstić information content (AvgIpc) is 3.26. The molecular formula is C19H26N2O3S. The molecule has 3 saturated heterocycles. The summed E-state index contributed by atoms with van der Waals surface area (Å²) < 4.78 is 11.5. The molecule has 0 aromatic heterocycles. The van der Waals surface area contributed by atoms with Crippen molar-refractivity contribution in [1.82, 2.24) is 9.80 Å². The smallest absolute Gasteiger partial charge is 0.410 e. The Balaban J connectivity index is 1.25. The van der Waals surface area contributed by atoms with Gasteiger partial charge < -0.3 is 14.4 Å². The van der Waals surface area contributed by atoms with Gasteiger partial charge in [-0.25, -0.2) is 4.79 Å². The minimum Gasteiger partial charge on any atom is -0.492 e. The van der Waals surface area contributed by atoms with E-state index in [1.54, 1.807) is 0 Å². The highest BCUT2D eigenvalue weighted by atomic mass is 32.2. The Bertz CT molecular complexity index is 584. The zero-order valence-corrected chi connectivity index (χ0v) is 15.4. The van der Waals surface area contributed by atoms with Crippen LogP contribution in [0, 0.1) is 0 Å². The molecular weight excluding hydrogens is 336 g/mol. The third-order valence-electron chi connectivity index (χ3n) is 5.55. The number of para-hydroxylation sites is 1. The molecule has 3 heterocycles. The molecule has 3 aliphatic heterocycles. The molecule has 6 heteroatoms. The predicted molar refractivity (Wildman–Crippen MR) is 99.3 cm³/mol. The second-order valence-corrected chi connectivity index (χ2v) is 8.34. The summed E-state index contributed by atoms with van der Waals surface area (Å²) in [5.41, 5.74) is -0.272. The van der Waals surface area contributed by atoms with E-state index in [1.807, 2.05) is 35.2 Å². The second-order valence-electron chi connectivity index (χ2n) is 7.19. The van der Waals surface area contributed by atoms with E-state index in [2.05, 4.69) is 16.7 Å². The summed E-state index contributed by atoms with van der Waals surface area (Å²) in [7, 11) is 0. The number of carbonyl (C=O) groups excluding carboxylic acids is 1. The Morgan fingerprint density at radius 2 is 2.04 bits per heavy atom. The normalized spacial score (nSPS) is 26.2. The Labute approximate surface area is 153 Å². The topological polar surface area (TPSA) is 42.0 Å². The lowest BCUT2D eigenvalue weighted by Gasteiger charge is -2.40. The molecule has 0 saturated carbocycles. The predicted octanol–water partition coefficient (Wildman–Crippen LogP) is 2.86. The summed E-state index contributed by atoms with van der Waals surface area (Å²) in [6.07, 6.45) is 3.04. The molecule has 0 unspecified atom stereocenters. The van der Waals surface area contributed by atoms with Gasteiger partial charge in [-0.2, -0.15) is 11.8 Å². The maximum absolute atomic E-state index is 12.3. The number of rotatable bonds is 5. The van der Waals surface area contributed by atoms with Crippen LogP contribution in [0.25, 0.3) is 0 Å². The van der Waals surface area contributed by atoms with E-state index in [9.17, 15) is 4.79 Å². The number of hydrogen-bond donors (Lipinski definition) is 0. The highest BCUT2D eigenvalue weighted by Gasteiger charge is 2.47. The molecule has 1 aromatic rings. The van der Waals surface area contributed by atoms with Crippen LogP contribution in [0.5, 0.6) is 5.75 Å². The van der Waals surface area contributed by atoms with Gasteiger partial charge in [-0.05, 0) is 24.3 Å². The van der Waals surface area contributed by atoms with Gasteiger partial charge in [-0.15, -0.1) is 0 Å². The molecule has 1 aromatic carbocycles. The molecule has 1 amide bonds. The van der Waals surface area contributed by atoms with E-state index in [4.69, 9.17) is 9.47 Å². The molecule has 5 nitrogen and oxygen atoms in total. The molecule has 3 aliphatic rings. The van der Waals surface area contributed by atoms with Crippen LogP contribution in [0.3, 0.4) is 0 Å². The third-order valence-corrected chi connectivity index (χ3v) is 6.69. The summed E-state index contributed by atoms with van der Waals surface area (Å²) in [5, 5.41) is 0. The van der Waals surface area contributed by atoms with Crippen LogP contribution in [0.2, 0.25) is 0 Å². The summed E-state index contributed by atoms with van der Waals surface area (Å²) in [4.78, 5) is 16.7. The van der Waals surface area contributed by atoms with E-state index in [-0.39, 0.29) is 11.7 Å². The van der Waals surface area contributed by atoms with Crippen molar-refractivity contribution in [3.8, 4) is 5.75 Å². The van der Waals surface area contributed by atoms with Crippen molar-refractivity contribution in [3.05, 3.63) is 30.3 Å². The number of hydrogen-bond acceptors (Lipinski definition) is 5. The standard InChI is InChI=1S/C19H26N2O3S/c22-18-21(11-12-23-17-4-2-1-3-5-17)15-19(24-18)7-9-20(10-8-19)16-6-13-25-14-16/h1-5,16H,6-15H2/t16-/m1/s1. The van der Waals surface area contributed by atoms with Gasteiger partial charge in [0.15, 0.2) is 0 Å². The Hall–Kier alpha value is -1.40. The van der Waals surface area contributed by atoms with Gasteiger partial charge in [0.25, 0.3) is 0 Å². The molecule has 25 heavy (non-hydrogen) atoms. The first-order valence-electron chi connectivity index (χ1n) is 9.22. The third kappa shape index (κ3) is 3.90. The first-order chi connectivity index (χ1) is 12.2. The fraction of sp³-hybridized carbons (Fsp3) is 0.632. The molecule has 0 bridgehead atoms. The van der Waals surface area contributed by atoms with Crippen molar-refractivity contribution >= 4 is 17.9 Å². The lowest BCUT2D eigenvalue weighted by molar-refractivity contribution is -0.00743. The van der Waals surface area contributed by atoms with Crippen molar-refractivity contribution in [2.24, 2.45) is 0 Å². The fourth-order valence-corrected chi connectivity index (χ4v) is 5.28. The van der Waals surface area contributed by atoms with E-state index in [0.717, 1.165) is 37.7 Å². The number of nitrogens with zero attached hydrogens (tertiary/aromatic N) is 2. The van der Waals surface area contributed by atoms with Gasteiger partial charge in [-0.1, -0.05) is 18.2 Å². The van der Waals surface area contributed by atoms with Crippen LogP contribution in [-0.2, 0) is 4.74 Å².